The molecule has 0 atom stereocenters. The van der Waals surface area contributed by atoms with Gasteiger partial charge >= 0.3 is 0 Å². The summed E-state index contributed by atoms with van der Waals surface area (Å²) in [4.78, 5) is 28.7. The topological polar surface area (TPSA) is 64.7 Å². The Morgan fingerprint density at radius 3 is 2.19 bits per heavy atom. The van der Waals surface area contributed by atoms with Gasteiger partial charge in [-0.15, -0.1) is 0 Å². The van der Waals surface area contributed by atoms with Crippen LogP contribution in [0.3, 0.4) is 0 Å². The van der Waals surface area contributed by atoms with Crippen LogP contribution >= 0.6 is 0 Å². The Hall–Kier alpha value is -2.44. The fourth-order valence-corrected chi connectivity index (χ4v) is 3.54. The van der Waals surface area contributed by atoms with Crippen LogP contribution in [0.4, 0.5) is 5.69 Å². The fourth-order valence-electron chi connectivity index (χ4n) is 3.54. The highest BCUT2D eigenvalue weighted by atomic mass is 16.2. The first-order valence-corrected chi connectivity index (χ1v) is 9.69. The molecule has 1 saturated carbocycles. The van der Waals surface area contributed by atoms with Gasteiger partial charge in [-0.1, -0.05) is 36.4 Å². The van der Waals surface area contributed by atoms with Crippen molar-refractivity contribution in [3.63, 3.8) is 0 Å². The van der Waals surface area contributed by atoms with E-state index in [1.54, 1.807) is 0 Å². The van der Waals surface area contributed by atoms with Crippen LogP contribution in [0, 0.1) is 0 Å². The highest BCUT2D eigenvalue weighted by Crippen LogP contribution is 2.23. The molecule has 6 nitrogen and oxygen atoms in total. The summed E-state index contributed by atoms with van der Waals surface area (Å²) in [5.41, 5.74) is 0.855. The van der Waals surface area contributed by atoms with E-state index in [0.29, 0.717) is 19.1 Å². The molecule has 2 aromatic rings. The van der Waals surface area contributed by atoms with Crippen LogP contribution in [0.1, 0.15) is 12.8 Å². The van der Waals surface area contributed by atoms with Gasteiger partial charge in [-0.05, 0) is 24.3 Å². The summed E-state index contributed by atoms with van der Waals surface area (Å²) >= 11 is 0. The van der Waals surface area contributed by atoms with Crippen LogP contribution in [0.2, 0.25) is 0 Å². The van der Waals surface area contributed by atoms with E-state index < -0.39 is 0 Å². The Balaban J connectivity index is 1.25. The summed E-state index contributed by atoms with van der Waals surface area (Å²) in [6, 6.07) is 14.4. The van der Waals surface area contributed by atoms with E-state index in [-0.39, 0.29) is 11.8 Å². The molecule has 2 fully saturated rings. The van der Waals surface area contributed by atoms with E-state index in [0.717, 1.165) is 55.5 Å². The average molecular weight is 366 g/mol. The summed E-state index contributed by atoms with van der Waals surface area (Å²) in [6.07, 6.45) is 2.23. The molecule has 2 amide bonds. The van der Waals surface area contributed by atoms with Gasteiger partial charge in [0.1, 0.15) is 0 Å². The first-order chi connectivity index (χ1) is 13.2. The molecule has 0 radical (unpaired) electrons. The number of carbonyl (C=O) groups is 2. The second kappa shape index (κ2) is 8.06. The molecule has 0 aromatic heterocycles. The molecule has 0 bridgehead atoms. The number of hydrogen-bond donors (Lipinski definition) is 2. The van der Waals surface area contributed by atoms with E-state index in [1.807, 2.05) is 42.5 Å². The van der Waals surface area contributed by atoms with Crippen LogP contribution in [-0.2, 0) is 9.59 Å². The zero-order valence-electron chi connectivity index (χ0n) is 15.5. The summed E-state index contributed by atoms with van der Waals surface area (Å²) in [6.45, 7) is 4.09. The smallest absolute Gasteiger partial charge is 0.238 e. The van der Waals surface area contributed by atoms with Crippen LogP contribution < -0.4 is 10.6 Å². The van der Waals surface area contributed by atoms with Crippen molar-refractivity contribution in [2.24, 2.45) is 0 Å². The molecular formula is C21H26N4O2. The van der Waals surface area contributed by atoms with Gasteiger partial charge in [0.15, 0.2) is 0 Å². The Morgan fingerprint density at radius 1 is 0.852 bits per heavy atom. The van der Waals surface area contributed by atoms with Gasteiger partial charge < -0.3 is 10.6 Å². The van der Waals surface area contributed by atoms with Gasteiger partial charge in [0, 0.05) is 43.3 Å². The predicted molar refractivity (Wildman–Crippen MR) is 107 cm³/mol. The lowest BCUT2D eigenvalue weighted by Gasteiger charge is -2.33. The van der Waals surface area contributed by atoms with E-state index in [4.69, 9.17) is 0 Å². The number of amides is 2. The van der Waals surface area contributed by atoms with Crippen molar-refractivity contribution in [1.29, 1.82) is 0 Å². The lowest BCUT2D eigenvalue weighted by atomic mass is 10.1. The zero-order chi connectivity index (χ0) is 18.6. The van der Waals surface area contributed by atoms with Crippen molar-refractivity contribution in [1.82, 2.24) is 15.1 Å². The van der Waals surface area contributed by atoms with Crippen LogP contribution in [0.5, 0.6) is 0 Å². The Morgan fingerprint density at radius 2 is 1.48 bits per heavy atom. The third kappa shape index (κ3) is 4.84. The van der Waals surface area contributed by atoms with Crippen molar-refractivity contribution >= 4 is 28.3 Å². The SMILES string of the molecule is O=C(CN1CCN(CC(=O)NC2CC2)CC1)Nc1cccc2ccccc12. The van der Waals surface area contributed by atoms with Crippen molar-refractivity contribution in [2.45, 2.75) is 18.9 Å². The lowest BCUT2D eigenvalue weighted by Crippen LogP contribution is -2.51. The highest BCUT2D eigenvalue weighted by Gasteiger charge is 2.25. The third-order valence-corrected chi connectivity index (χ3v) is 5.21. The van der Waals surface area contributed by atoms with Gasteiger partial charge in [0.25, 0.3) is 0 Å². The minimum atomic E-state index is 0.00581. The first-order valence-electron chi connectivity index (χ1n) is 9.69. The minimum Gasteiger partial charge on any atom is -0.352 e. The van der Waals surface area contributed by atoms with Crippen molar-refractivity contribution < 1.29 is 9.59 Å². The number of carbonyl (C=O) groups excluding carboxylic acids is 2. The number of benzene rings is 2. The summed E-state index contributed by atoms with van der Waals surface area (Å²) < 4.78 is 0. The Kier molecular flexibility index (Phi) is 5.36. The molecular weight excluding hydrogens is 340 g/mol. The van der Waals surface area contributed by atoms with Crippen LogP contribution in [0.25, 0.3) is 10.8 Å². The number of fused-ring (bicyclic) bond motifs is 1. The number of hydrogen-bond acceptors (Lipinski definition) is 4. The molecule has 1 aliphatic carbocycles. The summed E-state index contributed by atoms with van der Waals surface area (Å²) in [7, 11) is 0. The van der Waals surface area contributed by atoms with Gasteiger partial charge in [0.05, 0.1) is 13.1 Å². The lowest BCUT2D eigenvalue weighted by molar-refractivity contribution is -0.123. The molecule has 0 spiro atoms. The maximum absolute atomic E-state index is 12.5. The number of anilines is 1. The van der Waals surface area contributed by atoms with Crippen LogP contribution in [0.15, 0.2) is 42.5 Å². The fraction of sp³-hybridized carbons (Fsp3) is 0.429. The molecule has 27 heavy (non-hydrogen) atoms. The molecule has 142 valence electrons. The van der Waals surface area contributed by atoms with Gasteiger partial charge in [-0.25, -0.2) is 0 Å². The maximum Gasteiger partial charge on any atom is 0.238 e. The van der Waals surface area contributed by atoms with Crippen LogP contribution in [-0.4, -0.2) is 66.9 Å². The molecule has 4 rings (SSSR count). The molecule has 0 unspecified atom stereocenters. The molecule has 1 saturated heterocycles. The Bertz CT molecular complexity index is 821. The highest BCUT2D eigenvalue weighted by molar-refractivity contribution is 6.02. The van der Waals surface area contributed by atoms with Gasteiger partial charge in [0.2, 0.25) is 11.8 Å². The number of rotatable bonds is 6. The number of nitrogens with zero attached hydrogens (tertiary/aromatic N) is 2. The standard InChI is InChI=1S/C21H26N4O2/c26-20(22-17-8-9-17)14-24-10-12-25(13-11-24)15-21(27)23-19-7-3-5-16-4-1-2-6-18(16)19/h1-7,17H,8-15H2,(H,22,26)(H,23,27). The number of piperazine rings is 1. The molecule has 2 aliphatic rings. The van der Waals surface area contributed by atoms with Crippen molar-refractivity contribution in [3.8, 4) is 0 Å². The molecule has 1 heterocycles. The van der Waals surface area contributed by atoms with Crippen molar-refractivity contribution in [3.05, 3.63) is 42.5 Å². The van der Waals surface area contributed by atoms with E-state index in [1.165, 1.54) is 0 Å². The van der Waals surface area contributed by atoms with E-state index in [9.17, 15) is 9.59 Å². The molecule has 6 heteroatoms. The third-order valence-electron chi connectivity index (χ3n) is 5.21. The maximum atomic E-state index is 12.5. The number of nitrogens with one attached hydrogen (secondary N) is 2. The zero-order valence-corrected chi connectivity index (χ0v) is 15.5. The Labute approximate surface area is 159 Å². The summed E-state index contributed by atoms with van der Waals surface area (Å²) in [5.74, 6) is 0.130. The normalized spacial score (nSPS) is 18.4. The quantitative estimate of drug-likeness (QED) is 0.816. The van der Waals surface area contributed by atoms with Crippen molar-refractivity contribution in [2.75, 3.05) is 44.6 Å². The monoisotopic (exact) mass is 366 g/mol. The van der Waals surface area contributed by atoms with Gasteiger partial charge in [-0.2, -0.15) is 0 Å². The van der Waals surface area contributed by atoms with E-state index >= 15 is 0 Å². The minimum absolute atomic E-state index is 0.00581. The summed E-state index contributed by atoms with van der Waals surface area (Å²) in [5, 5.41) is 8.25. The average Bonchev–Trinajstić information content (AvgIpc) is 3.47. The second-order valence-electron chi connectivity index (χ2n) is 7.47. The second-order valence-corrected chi connectivity index (χ2v) is 7.47. The van der Waals surface area contributed by atoms with Gasteiger partial charge in [-0.3, -0.25) is 19.4 Å². The molecule has 1 aliphatic heterocycles. The first kappa shape index (κ1) is 17.9. The molecule has 2 aromatic carbocycles. The molecule has 2 N–H and O–H groups in total. The van der Waals surface area contributed by atoms with E-state index in [2.05, 4.69) is 20.4 Å². The predicted octanol–water partition coefficient (Wildman–Crippen LogP) is 1.67. The largest absolute Gasteiger partial charge is 0.352 e.